The summed E-state index contributed by atoms with van der Waals surface area (Å²) in [6.07, 6.45) is 4.43. The van der Waals surface area contributed by atoms with E-state index >= 15 is 0 Å². The number of aromatic nitrogens is 1. The molecule has 5 nitrogen and oxygen atoms in total. The molecule has 0 saturated carbocycles. The molecule has 1 aliphatic heterocycles. The van der Waals surface area contributed by atoms with Gasteiger partial charge in [0.1, 0.15) is 4.21 Å². The Balaban J connectivity index is 1.66. The summed E-state index contributed by atoms with van der Waals surface area (Å²) in [6.45, 7) is 3.44. The fraction of sp³-hybridized carbons (Fsp3) is 0.400. The molecule has 0 amide bonds. The molecule has 23 heavy (non-hydrogen) atoms. The normalized spacial score (nSPS) is 18.0. The summed E-state index contributed by atoms with van der Waals surface area (Å²) < 4.78 is 27.7. The first-order chi connectivity index (χ1) is 11.1. The Morgan fingerprint density at radius 2 is 2.04 bits per heavy atom. The van der Waals surface area contributed by atoms with Crippen molar-refractivity contribution in [3.63, 3.8) is 0 Å². The summed E-state index contributed by atoms with van der Waals surface area (Å²) in [5.41, 5.74) is 1.15. The van der Waals surface area contributed by atoms with Crippen molar-refractivity contribution < 1.29 is 8.42 Å². The Bertz CT molecular complexity index is 749. The number of halogens is 1. The second kappa shape index (κ2) is 7.27. The van der Waals surface area contributed by atoms with Crippen molar-refractivity contribution in [1.29, 1.82) is 0 Å². The van der Waals surface area contributed by atoms with Crippen LogP contribution in [0.4, 0.5) is 0 Å². The average Bonchev–Trinajstić information content (AvgIpc) is 2.84. The van der Waals surface area contributed by atoms with Crippen LogP contribution in [-0.4, -0.2) is 48.8 Å². The summed E-state index contributed by atoms with van der Waals surface area (Å²) in [5, 5.41) is 0. The van der Waals surface area contributed by atoms with Gasteiger partial charge in [-0.3, -0.25) is 9.88 Å². The number of hydrogen-bond donors (Lipinski definition) is 0. The van der Waals surface area contributed by atoms with Crippen LogP contribution in [0.2, 0.25) is 4.34 Å². The van der Waals surface area contributed by atoms with Gasteiger partial charge in [-0.2, -0.15) is 4.31 Å². The van der Waals surface area contributed by atoms with E-state index in [1.165, 1.54) is 0 Å². The van der Waals surface area contributed by atoms with Crippen LogP contribution in [0.3, 0.4) is 0 Å². The lowest BCUT2D eigenvalue weighted by molar-refractivity contribution is 0.278. The first-order valence-electron chi connectivity index (χ1n) is 7.42. The van der Waals surface area contributed by atoms with E-state index in [4.69, 9.17) is 11.6 Å². The first kappa shape index (κ1) is 16.9. The zero-order valence-electron chi connectivity index (χ0n) is 12.6. The highest BCUT2D eigenvalue weighted by molar-refractivity contribution is 7.91. The van der Waals surface area contributed by atoms with Crippen molar-refractivity contribution in [2.45, 2.75) is 17.2 Å². The van der Waals surface area contributed by atoms with Gasteiger partial charge in [-0.25, -0.2) is 8.42 Å². The van der Waals surface area contributed by atoms with Gasteiger partial charge < -0.3 is 0 Å². The lowest BCUT2D eigenvalue weighted by atomic mass is 10.2. The van der Waals surface area contributed by atoms with Gasteiger partial charge in [-0.1, -0.05) is 17.7 Å². The van der Waals surface area contributed by atoms with Crippen molar-refractivity contribution in [2.24, 2.45) is 0 Å². The van der Waals surface area contributed by atoms with E-state index in [2.05, 4.69) is 9.88 Å². The maximum absolute atomic E-state index is 12.7. The highest BCUT2D eigenvalue weighted by Gasteiger charge is 2.28. The molecule has 2 aromatic heterocycles. The molecule has 0 N–H and O–H groups in total. The minimum absolute atomic E-state index is 0.322. The molecule has 3 rings (SSSR count). The Morgan fingerprint density at radius 1 is 1.17 bits per heavy atom. The third-order valence-corrected chi connectivity index (χ3v) is 7.42. The molecule has 0 spiro atoms. The molecular formula is C15H18ClN3O2S2. The lowest BCUT2D eigenvalue weighted by Gasteiger charge is -2.21. The van der Waals surface area contributed by atoms with Gasteiger partial charge in [0.15, 0.2) is 0 Å². The standard InChI is InChI=1S/C15H18ClN3O2S2/c16-14-4-5-15(22-14)23(20,21)19-8-2-7-18(9-10-19)12-13-3-1-6-17-11-13/h1,3-6,11H,2,7-10,12H2. The van der Waals surface area contributed by atoms with Crippen molar-refractivity contribution in [1.82, 2.24) is 14.2 Å². The number of hydrogen-bond acceptors (Lipinski definition) is 5. The first-order valence-corrected chi connectivity index (χ1v) is 10.1. The fourth-order valence-electron chi connectivity index (χ4n) is 2.66. The summed E-state index contributed by atoms with van der Waals surface area (Å²) >= 11 is 6.98. The smallest absolute Gasteiger partial charge is 0.252 e. The van der Waals surface area contributed by atoms with Crippen molar-refractivity contribution in [2.75, 3.05) is 26.2 Å². The molecule has 8 heteroatoms. The maximum Gasteiger partial charge on any atom is 0.252 e. The van der Waals surface area contributed by atoms with Gasteiger partial charge in [0.2, 0.25) is 0 Å². The van der Waals surface area contributed by atoms with E-state index in [0.29, 0.717) is 28.2 Å². The number of thiophene rings is 1. The Labute approximate surface area is 145 Å². The minimum atomic E-state index is -3.43. The largest absolute Gasteiger partial charge is 0.298 e. The third kappa shape index (κ3) is 4.10. The predicted octanol–water partition coefficient (Wildman–Crippen LogP) is 2.69. The van der Waals surface area contributed by atoms with Gasteiger partial charge in [0.25, 0.3) is 10.0 Å². The summed E-state index contributed by atoms with van der Waals surface area (Å²) in [4.78, 5) is 6.40. The predicted molar refractivity (Wildman–Crippen MR) is 92.2 cm³/mol. The fourth-order valence-corrected chi connectivity index (χ4v) is 5.77. The zero-order chi connectivity index (χ0) is 16.3. The maximum atomic E-state index is 12.7. The Morgan fingerprint density at radius 3 is 2.74 bits per heavy atom. The van der Waals surface area contributed by atoms with Crippen LogP contribution < -0.4 is 0 Å². The van der Waals surface area contributed by atoms with E-state index in [0.717, 1.165) is 36.4 Å². The van der Waals surface area contributed by atoms with E-state index in [1.54, 1.807) is 22.6 Å². The molecular weight excluding hydrogens is 354 g/mol. The molecule has 2 aromatic rings. The van der Waals surface area contributed by atoms with Gasteiger partial charge in [-0.15, -0.1) is 11.3 Å². The average molecular weight is 372 g/mol. The lowest BCUT2D eigenvalue weighted by Crippen LogP contribution is -2.34. The topological polar surface area (TPSA) is 53.5 Å². The molecule has 1 saturated heterocycles. The van der Waals surface area contributed by atoms with Crippen LogP contribution >= 0.6 is 22.9 Å². The number of rotatable bonds is 4. The molecule has 0 bridgehead atoms. The number of nitrogens with zero attached hydrogens (tertiary/aromatic N) is 3. The Kier molecular flexibility index (Phi) is 5.33. The molecule has 0 radical (unpaired) electrons. The molecule has 0 atom stereocenters. The SMILES string of the molecule is O=S(=O)(c1ccc(Cl)s1)N1CCCN(Cc2cccnc2)CC1. The summed E-state index contributed by atoms with van der Waals surface area (Å²) in [6, 6.07) is 7.18. The van der Waals surface area contributed by atoms with Crippen molar-refractivity contribution in [3.05, 3.63) is 46.6 Å². The van der Waals surface area contributed by atoms with E-state index in [1.807, 2.05) is 18.3 Å². The van der Waals surface area contributed by atoms with Crippen LogP contribution in [0.15, 0.2) is 40.9 Å². The van der Waals surface area contributed by atoms with Gasteiger partial charge in [-0.05, 0) is 36.7 Å². The highest BCUT2D eigenvalue weighted by atomic mass is 35.5. The van der Waals surface area contributed by atoms with E-state index in [9.17, 15) is 8.42 Å². The van der Waals surface area contributed by atoms with Crippen LogP contribution in [-0.2, 0) is 16.6 Å². The second-order valence-corrected chi connectivity index (χ2v) is 9.33. The third-order valence-electron chi connectivity index (χ3n) is 3.82. The highest BCUT2D eigenvalue weighted by Crippen LogP contribution is 2.28. The molecule has 0 aromatic carbocycles. The van der Waals surface area contributed by atoms with Crippen molar-refractivity contribution >= 4 is 33.0 Å². The molecule has 0 unspecified atom stereocenters. The van der Waals surface area contributed by atoms with Crippen LogP contribution in [0.5, 0.6) is 0 Å². The van der Waals surface area contributed by atoms with Gasteiger partial charge >= 0.3 is 0 Å². The molecule has 3 heterocycles. The number of pyridine rings is 1. The molecule has 0 aliphatic carbocycles. The van der Waals surface area contributed by atoms with Crippen LogP contribution in [0, 0.1) is 0 Å². The van der Waals surface area contributed by atoms with Crippen LogP contribution in [0.25, 0.3) is 0 Å². The van der Waals surface area contributed by atoms with E-state index in [-0.39, 0.29) is 0 Å². The summed E-state index contributed by atoms with van der Waals surface area (Å²) in [7, 11) is -3.43. The Hall–Kier alpha value is -0.990. The monoisotopic (exact) mass is 371 g/mol. The molecule has 124 valence electrons. The molecule has 1 fully saturated rings. The van der Waals surface area contributed by atoms with Crippen LogP contribution in [0.1, 0.15) is 12.0 Å². The second-order valence-electron chi connectivity index (χ2n) is 5.45. The van der Waals surface area contributed by atoms with Crippen molar-refractivity contribution in [3.8, 4) is 0 Å². The minimum Gasteiger partial charge on any atom is -0.298 e. The summed E-state index contributed by atoms with van der Waals surface area (Å²) in [5.74, 6) is 0. The van der Waals surface area contributed by atoms with Gasteiger partial charge in [0, 0.05) is 38.6 Å². The number of sulfonamides is 1. The van der Waals surface area contributed by atoms with Gasteiger partial charge in [0.05, 0.1) is 4.34 Å². The quantitative estimate of drug-likeness (QED) is 0.829. The molecule has 1 aliphatic rings. The zero-order valence-corrected chi connectivity index (χ0v) is 14.9. The van der Waals surface area contributed by atoms with E-state index < -0.39 is 10.0 Å².